The molecule has 9 heteroatoms. The van der Waals surface area contributed by atoms with Crippen molar-refractivity contribution in [3.8, 4) is 0 Å². The largest absolute Gasteiger partial charge is 0.465 e. The normalized spacial score (nSPS) is 11.1. The minimum absolute atomic E-state index is 0.00435. The van der Waals surface area contributed by atoms with Gasteiger partial charge >= 0.3 is 5.97 Å². The number of aromatic nitrogens is 1. The van der Waals surface area contributed by atoms with Gasteiger partial charge in [0.25, 0.3) is 5.91 Å². The van der Waals surface area contributed by atoms with Gasteiger partial charge in [0, 0.05) is 19.2 Å². The minimum atomic E-state index is -0.794. The number of hydrogen-bond donors (Lipinski definition) is 0. The zero-order valence-corrected chi connectivity index (χ0v) is 16.9. The second-order valence-electron chi connectivity index (χ2n) is 6.53. The Balaban J connectivity index is 2.08. The van der Waals surface area contributed by atoms with Crippen LogP contribution in [0, 0.1) is 11.6 Å². The van der Waals surface area contributed by atoms with Crippen LogP contribution in [0.5, 0.6) is 0 Å². The number of fused-ring (bicyclic) bond motifs is 1. The van der Waals surface area contributed by atoms with Crippen LogP contribution in [0.25, 0.3) is 10.2 Å². The van der Waals surface area contributed by atoms with Gasteiger partial charge in [-0.25, -0.2) is 18.6 Å². The number of esters is 1. The number of methoxy groups -OCH3 is 1. The van der Waals surface area contributed by atoms with Crippen LogP contribution in [0.15, 0.2) is 36.4 Å². The van der Waals surface area contributed by atoms with Gasteiger partial charge < -0.3 is 9.64 Å². The van der Waals surface area contributed by atoms with Gasteiger partial charge in [-0.1, -0.05) is 23.5 Å². The molecular formula is C20H19F2N3O3S. The molecule has 6 nitrogen and oxygen atoms in total. The van der Waals surface area contributed by atoms with Crippen molar-refractivity contribution in [3.63, 3.8) is 0 Å². The molecule has 0 N–H and O–H groups in total. The summed E-state index contributed by atoms with van der Waals surface area (Å²) in [5.41, 5.74) is 0.257. The Morgan fingerprint density at radius 2 is 1.79 bits per heavy atom. The summed E-state index contributed by atoms with van der Waals surface area (Å²) in [5.74, 6) is -2.63. The van der Waals surface area contributed by atoms with Crippen LogP contribution >= 0.6 is 11.3 Å². The molecule has 0 aliphatic rings. The highest BCUT2D eigenvalue weighted by molar-refractivity contribution is 7.22. The lowest BCUT2D eigenvalue weighted by atomic mass is 10.1. The molecule has 152 valence electrons. The Labute approximate surface area is 170 Å². The minimum Gasteiger partial charge on any atom is -0.465 e. The second-order valence-corrected chi connectivity index (χ2v) is 7.54. The summed E-state index contributed by atoms with van der Waals surface area (Å²) in [6, 6.07) is 8.21. The van der Waals surface area contributed by atoms with Gasteiger partial charge in [-0.05, 0) is 32.3 Å². The summed E-state index contributed by atoms with van der Waals surface area (Å²) in [6.07, 6.45) is 0. The lowest BCUT2D eigenvalue weighted by Crippen LogP contribution is -2.37. The first kappa shape index (κ1) is 20.8. The number of ether oxygens (including phenoxy) is 1. The highest BCUT2D eigenvalue weighted by Crippen LogP contribution is 2.32. The molecule has 2 aromatic carbocycles. The maximum absolute atomic E-state index is 14.1. The Hall–Kier alpha value is -2.91. The number of rotatable bonds is 6. The van der Waals surface area contributed by atoms with Crippen LogP contribution in [0.2, 0.25) is 0 Å². The van der Waals surface area contributed by atoms with Crippen molar-refractivity contribution in [2.45, 2.75) is 0 Å². The third-order valence-electron chi connectivity index (χ3n) is 4.21. The zero-order valence-electron chi connectivity index (χ0n) is 16.1. The number of halogens is 2. The Bertz CT molecular complexity index is 1070. The van der Waals surface area contributed by atoms with Gasteiger partial charge in [-0.2, -0.15) is 0 Å². The molecule has 0 atom stereocenters. The van der Waals surface area contributed by atoms with Gasteiger partial charge in [-0.15, -0.1) is 0 Å². The number of anilines is 1. The molecule has 0 bridgehead atoms. The first-order valence-corrected chi connectivity index (χ1v) is 9.53. The van der Waals surface area contributed by atoms with Crippen molar-refractivity contribution in [3.05, 3.63) is 59.2 Å². The molecule has 0 radical (unpaired) electrons. The number of nitrogens with zero attached hydrogens (tertiary/aromatic N) is 3. The topological polar surface area (TPSA) is 62.7 Å². The molecule has 0 aliphatic heterocycles. The fourth-order valence-electron chi connectivity index (χ4n) is 2.75. The summed E-state index contributed by atoms with van der Waals surface area (Å²) < 4.78 is 32.7. The van der Waals surface area contributed by atoms with Crippen molar-refractivity contribution < 1.29 is 23.1 Å². The van der Waals surface area contributed by atoms with E-state index in [1.165, 1.54) is 30.2 Å². The standard InChI is InChI=1S/C20H19F2N3O3S/c1-24(2)8-9-25(18(26)13-6-4-5-7-14(13)19(27)28-3)20-23-17-15(22)10-12(21)11-16(17)29-20/h4-7,10-11H,8-9H2,1-3H3. The van der Waals surface area contributed by atoms with Gasteiger partial charge in [0.2, 0.25) is 0 Å². The van der Waals surface area contributed by atoms with Crippen molar-refractivity contribution >= 4 is 38.6 Å². The molecule has 1 aromatic heterocycles. The Kier molecular flexibility index (Phi) is 6.19. The maximum Gasteiger partial charge on any atom is 0.338 e. The number of carbonyl (C=O) groups excluding carboxylic acids is 2. The molecule has 0 aliphatic carbocycles. The third kappa shape index (κ3) is 4.41. The van der Waals surface area contributed by atoms with Crippen molar-refractivity contribution in [2.24, 2.45) is 0 Å². The molecule has 0 fully saturated rings. The fourth-order valence-corrected chi connectivity index (χ4v) is 3.78. The third-order valence-corrected chi connectivity index (χ3v) is 5.24. The predicted octanol–water partition coefficient (Wildman–Crippen LogP) is 3.57. The second kappa shape index (κ2) is 8.62. The number of thiazole rings is 1. The summed E-state index contributed by atoms with van der Waals surface area (Å²) >= 11 is 1.01. The van der Waals surface area contributed by atoms with Gasteiger partial charge in [0.1, 0.15) is 11.3 Å². The highest BCUT2D eigenvalue weighted by Gasteiger charge is 2.26. The lowest BCUT2D eigenvalue weighted by molar-refractivity contribution is 0.0597. The predicted molar refractivity (Wildman–Crippen MR) is 108 cm³/mol. The van der Waals surface area contributed by atoms with Crippen molar-refractivity contribution in [2.75, 3.05) is 39.2 Å². The molecule has 0 unspecified atom stereocenters. The molecule has 1 heterocycles. The van der Waals surface area contributed by atoms with E-state index in [2.05, 4.69) is 4.98 Å². The van der Waals surface area contributed by atoms with Crippen LogP contribution in [0.1, 0.15) is 20.7 Å². The van der Waals surface area contributed by atoms with Gasteiger partial charge in [-0.3, -0.25) is 9.69 Å². The Morgan fingerprint density at radius 3 is 2.45 bits per heavy atom. The number of benzene rings is 2. The van der Waals surface area contributed by atoms with Crippen LogP contribution in [0.3, 0.4) is 0 Å². The van der Waals surface area contributed by atoms with E-state index in [-0.39, 0.29) is 28.3 Å². The number of amides is 1. The number of carbonyl (C=O) groups is 2. The molecular weight excluding hydrogens is 400 g/mol. The maximum atomic E-state index is 14.1. The van der Waals surface area contributed by atoms with E-state index in [1.54, 1.807) is 12.1 Å². The van der Waals surface area contributed by atoms with E-state index in [1.807, 2.05) is 19.0 Å². The van der Waals surface area contributed by atoms with E-state index in [4.69, 9.17) is 4.74 Å². The van der Waals surface area contributed by atoms with Crippen LogP contribution in [0.4, 0.5) is 13.9 Å². The van der Waals surface area contributed by atoms with Crippen molar-refractivity contribution in [1.82, 2.24) is 9.88 Å². The van der Waals surface area contributed by atoms with Crippen LogP contribution < -0.4 is 4.90 Å². The number of likely N-dealkylation sites (N-methyl/N-ethyl adjacent to an activating group) is 1. The quantitative estimate of drug-likeness (QED) is 0.572. The monoisotopic (exact) mass is 419 g/mol. The molecule has 0 saturated heterocycles. The average Bonchev–Trinajstić information content (AvgIpc) is 3.11. The highest BCUT2D eigenvalue weighted by atomic mass is 32.1. The molecule has 3 rings (SSSR count). The van der Waals surface area contributed by atoms with E-state index < -0.39 is 23.5 Å². The summed E-state index contributed by atoms with van der Waals surface area (Å²) in [6.45, 7) is 0.740. The van der Waals surface area contributed by atoms with Gasteiger partial charge in [0.15, 0.2) is 10.9 Å². The molecule has 29 heavy (non-hydrogen) atoms. The van der Waals surface area contributed by atoms with E-state index in [0.29, 0.717) is 11.2 Å². The summed E-state index contributed by atoms with van der Waals surface area (Å²) in [4.78, 5) is 32.9. The summed E-state index contributed by atoms with van der Waals surface area (Å²) in [7, 11) is 4.93. The first-order chi connectivity index (χ1) is 13.8. The molecule has 3 aromatic rings. The fraction of sp³-hybridized carbons (Fsp3) is 0.250. The van der Waals surface area contributed by atoms with Crippen LogP contribution in [-0.2, 0) is 4.74 Å². The average molecular weight is 419 g/mol. The van der Waals surface area contributed by atoms with Crippen molar-refractivity contribution in [1.29, 1.82) is 0 Å². The summed E-state index contributed by atoms with van der Waals surface area (Å²) in [5, 5.41) is 0.219. The SMILES string of the molecule is COC(=O)c1ccccc1C(=O)N(CCN(C)C)c1nc2c(F)cc(F)cc2s1. The van der Waals surface area contributed by atoms with E-state index in [9.17, 15) is 18.4 Å². The zero-order chi connectivity index (χ0) is 21.1. The van der Waals surface area contributed by atoms with E-state index >= 15 is 0 Å². The first-order valence-electron chi connectivity index (χ1n) is 8.71. The van der Waals surface area contributed by atoms with E-state index in [0.717, 1.165) is 17.4 Å². The molecule has 1 amide bonds. The lowest BCUT2D eigenvalue weighted by Gasteiger charge is -2.22. The van der Waals surface area contributed by atoms with Gasteiger partial charge in [0.05, 0.1) is 22.9 Å². The smallest absolute Gasteiger partial charge is 0.338 e. The van der Waals surface area contributed by atoms with Crippen LogP contribution in [-0.4, -0.2) is 56.1 Å². The molecule has 0 spiro atoms. The molecule has 0 saturated carbocycles. The Morgan fingerprint density at radius 1 is 1.10 bits per heavy atom. The number of hydrogen-bond acceptors (Lipinski definition) is 6.